The molecule has 2 heteroatoms. The number of hydrogen-bond acceptors (Lipinski definition) is 1. The third-order valence-electron chi connectivity index (χ3n) is 10.9. The van der Waals surface area contributed by atoms with Gasteiger partial charge in [-0.05, 0) is 121 Å². The van der Waals surface area contributed by atoms with E-state index in [1.54, 1.807) is 0 Å². The summed E-state index contributed by atoms with van der Waals surface area (Å²) in [6, 6.07) is 49.9. The van der Waals surface area contributed by atoms with Crippen LogP contribution < -0.4 is 4.90 Å². The Morgan fingerprint density at radius 2 is 1.04 bits per heavy atom. The van der Waals surface area contributed by atoms with Gasteiger partial charge in [-0.1, -0.05) is 104 Å². The highest BCUT2D eigenvalue weighted by molar-refractivity contribution is 6.13. The Balaban J connectivity index is 1.30. The van der Waals surface area contributed by atoms with E-state index in [1.807, 2.05) is 0 Å². The van der Waals surface area contributed by atoms with E-state index in [2.05, 4.69) is 184 Å². The van der Waals surface area contributed by atoms with Gasteiger partial charge in [0.25, 0.3) is 0 Å². The molecule has 1 heterocycles. The van der Waals surface area contributed by atoms with Crippen molar-refractivity contribution in [3.8, 4) is 16.8 Å². The lowest BCUT2D eigenvalue weighted by atomic mass is 9.81. The molecular weight excluding hydrogens is 593 g/mol. The van der Waals surface area contributed by atoms with Crippen molar-refractivity contribution >= 4 is 49.6 Å². The Morgan fingerprint density at radius 1 is 0.490 bits per heavy atom. The summed E-state index contributed by atoms with van der Waals surface area (Å²) in [5, 5.41) is 5.19. The van der Waals surface area contributed by atoms with E-state index < -0.39 is 0 Å². The van der Waals surface area contributed by atoms with Gasteiger partial charge >= 0.3 is 0 Å². The van der Waals surface area contributed by atoms with E-state index in [1.165, 1.54) is 99.8 Å². The Hall–Kier alpha value is -5.60. The van der Waals surface area contributed by atoms with Crippen molar-refractivity contribution in [2.75, 3.05) is 4.90 Å². The lowest BCUT2D eigenvalue weighted by molar-refractivity contribution is 0.660. The molecule has 0 amide bonds. The van der Waals surface area contributed by atoms with Gasteiger partial charge in [-0.3, -0.25) is 0 Å². The Bertz CT molecular complexity index is 2530. The van der Waals surface area contributed by atoms with Gasteiger partial charge in [0.15, 0.2) is 0 Å². The van der Waals surface area contributed by atoms with Crippen LogP contribution >= 0.6 is 0 Å². The average Bonchev–Trinajstić information content (AvgIpc) is 3.53. The topological polar surface area (TPSA) is 8.17 Å². The van der Waals surface area contributed by atoms with E-state index in [0.29, 0.717) is 0 Å². The molecule has 0 atom stereocenters. The number of rotatable bonds is 4. The fourth-order valence-electron chi connectivity index (χ4n) is 8.42. The van der Waals surface area contributed by atoms with Crippen LogP contribution in [0, 0.1) is 27.7 Å². The smallest absolute Gasteiger partial charge is 0.0544 e. The molecule has 49 heavy (non-hydrogen) atoms. The fourth-order valence-corrected chi connectivity index (χ4v) is 8.42. The summed E-state index contributed by atoms with van der Waals surface area (Å²) < 4.78 is 2.51. The minimum Gasteiger partial charge on any atom is -0.310 e. The van der Waals surface area contributed by atoms with Crippen LogP contribution in [0.3, 0.4) is 0 Å². The lowest BCUT2D eigenvalue weighted by Crippen LogP contribution is -2.17. The van der Waals surface area contributed by atoms with E-state index in [0.717, 1.165) is 0 Å². The first-order valence-electron chi connectivity index (χ1n) is 17.4. The Morgan fingerprint density at radius 3 is 1.63 bits per heavy atom. The third kappa shape index (κ3) is 4.33. The van der Waals surface area contributed by atoms with Crippen molar-refractivity contribution in [1.29, 1.82) is 0 Å². The van der Waals surface area contributed by atoms with Crippen molar-refractivity contribution in [3.05, 3.63) is 167 Å². The number of fused-ring (bicyclic) bond motifs is 8. The highest BCUT2D eigenvalue weighted by atomic mass is 15.1. The molecule has 2 nitrogen and oxygen atoms in total. The van der Waals surface area contributed by atoms with Crippen LogP contribution in [0.5, 0.6) is 0 Å². The number of aryl methyl sites for hydroxylation is 4. The van der Waals surface area contributed by atoms with Crippen LogP contribution in [-0.4, -0.2) is 4.57 Å². The zero-order valence-electron chi connectivity index (χ0n) is 29.1. The summed E-state index contributed by atoms with van der Waals surface area (Å²) in [4.78, 5) is 2.44. The van der Waals surface area contributed by atoms with Gasteiger partial charge in [-0.15, -0.1) is 0 Å². The van der Waals surface area contributed by atoms with Gasteiger partial charge < -0.3 is 9.47 Å². The fraction of sp³-hybridized carbons (Fsp3) is 0.149. The minimum atomic E-state index is -0.214. The number of para-hydroxylation sites is 2. The molecule has 1 aliphatic carbocycles. The molecule has 9 rings (SSSR count). The standard InChI is InChI=1S/C47H40N2/c1-29-19-23-43-37(25-29)38-26-30(2)20-24-44(38)49(43)45-28-40-46(35-16-10-9-15-34(35)45)36-22-21-33(27-39(36)47(40,5)6)48(41-17-11-7-13-31(41)3)42-18-12-8-14-32(42)4/h7-28H,1-6H3. The van der Waals surface area contributed by atoms with Gasteiger partial charge in [-0.25, -0.2) is 0 Å². The maximum Gasteiger partial charge on any atom is 0.0544 e. The van der Waals surface area contributed by atoms with Gasteiger partial charge in [-0.2, -0.15) is 0 Å². The first-order chi connectivity index (χ1) is 23.7. The van der Waals surface area contributed by atoms with Crippen LogP contribution in [0.2, 0.25) is 0 Å². The number of aromatic nitrogens is 1. The molecule has 1 aliphatic rings. The number of anilines is 3. The van der Waals surface area contributed by atoms with Gasteiger partial charge in [0.1, 0.15) is 0 Å². The molecule has 7 aromatic carbocycles. The molecule has 0 unspecified atom stereocenters. The summed E-state index contributed by atoms with van der Waals surface area (Å²) in [6.07, 6.45) is 0. The van der Waals surface area contributed by atoms with Crippen LogP contribution in [0.4, 0.5) is 17.1 Å². The van der Waals surface area contributed by atoms with Gasteiger partial charge in [0, 0.05) is 38.6 Å². The second-order valence-electron chi connectivity index (χ2n) is 14.5. The largest absolute Gasteiger partial charge is 0.310 e. The van der Waals surface area contributed by atoms with Crippen LogP contribution in [-0.2, 0) is 5.41 Å². The molecular formula is C47H40N2. The number of hydrogen-bond donors (Lipinski definition) is 0. The maximum absolute atomic E-state index is 2.51. The van der Waals surface area contributed by atoms with Crippen LogP contribution in [0.15, 0.2) is 133 Å². The van der Waals surface area contributed by atoms with Gasteiger partial charge in [0.05, 0.1) is 16.7 Å². The van der Waals surface area contributed by atoms with E-state index in [4.69, 9.17) is 0 Å². The van der Waals surface area contributed by atoms with E-state index in [-0.39, 0.29) is 5.41 Å². The first-order valence-corrected chi connectivity index (χ1v) is 17.4. The van der Waals surface area contributed by atoms with Crippen molar-refractivity contribution in [1.82, 2.24) is 4.57 Å². The Labute approximate surface area is 288 Å². The molecule has 0 aliphatic heterocycles. The second-order valence-corrected chi connectivity index (χ2v) is 14.5. The molecule has 8 aromatic rings. The van der Waals surface area contributed by atoms with Crippen LogP contribution in [0.1, 0.15) is 47.2 Å². The summed E-state index contributed by atoms with van der Waals surface area (Å²) in [6.45, 7) is 13.6. The normalized spacial score (nSPS) is 13.3. The van der Waals surface area contributed by atoms with E-state index in [9.17, 15) is 0 Å². The minimum absolute atomic E-state index is 0.214. The molecule has 0 N–H and O–H groups in total. The molecule has 0 spiro atoms. The molecule has 0 saturated carbocycles. The molecule has 0 fully saturated rings. The first kappa shape index (κ1) is 29.5. The average molecular weight is 633 g/mol. The molecule has 1 aromatic heterocycles. The zero-order valence-corrected chi connectivity index (χ0v) is 29.1. The highest BCUT2D eigenvalue weighted by Crippen LogP contribution is 2.54. The lowest BCUT2D eigenvalue weighted by Gasteiger charge is -2.30. The van der Waals surface area contributed by atoms with Crippen molar-refractivity contribution in [2.45, 2.75) is 47.0 Å². The zero-order chi connectivity index (χ0) is 33.6. The quantitative estimate of drug-likeness (QED) is 0.187. The van der Waals surface area contributed by atoms with Gasteiger partial charge in [0.2, 0.25) is 0 Å². The summed E-state index contributed by atoms with van der Waals surface area (Å²) in [5.74, 6) is 0. The van der Waals surface area contributed by atoms with Crippen molar-refractivity contribution in [2.24, 2.45) is 0 Å². The highest BCUT2D eigenvalue weighted by Gasteiger charge is 2.38. The van der Waals surface area contributed by atoms with Crippen molar-refractivity contribution < 1.29 is 0 Å². The maximum atomic E-state index is 2.51. The predicted molar refractivity (Wildman–Crippen MR) is 209 cm³/mol. The third-order valence-corrected chi connectivity index (χ3v) is 10.9. The summed E-state index contributed by atoms with van der Waals surface area (Å²) in [7, 11) is 0. The van der Waals surface area contributed by atoms with Crippen LogP contribution in [0.25, 0.3) is 49.4 Å². The number of nitrogens with zero attached hydrogens (tertiary/aromatic N) is 2. The molecule has 238 valence electrons. The number of benzene rings is 7. The molecule has 0 saturated heterocycles. The Kier molecular flexibility index (Phi) is 6.45. The molecule has 0 radical (unpaired) electrons. The second kappa shape index (κ2) is 10.7. The summed E-state index contributed by atoms with van der Waals surface area (Å²) >= 11 is 0. The monoisotopic (exact) mass is 632 g/mol. The summed E-state index contributed by atoms with van der Waals surface area (Å²) in [5.41, 5.74) is 17.6. The van der Waals surface area contributed by atoms with E-state index >= 15 is 0 Å². The SMILES string of the molecule is Cc1ccc2c(c1)c1cc(C)ccc1n2-c1cc2c(c3ccccc13)-c1ccc(N(c3ccccc3C)c3ccccc3C)cc1C2(C)C. The van der Waals surface area contributed by atoms with Crippen molar-refractivity contribution in [3.63, 3.8) is 0 Å². The molecule has 0 bridgehead atoms. The predicted octanol–water partition coefficient (Wildman–Crippen LogP) is 12.9.